The summed E-state index contributed by atoms with van der Waals surface area (Å²) in [5.74, 6) is 0.575. The van der Waals surface area contributed by atoms with E-state index in [9.17, 15) is 4.79 Å². The van der Waals surface area contributed by atoms with Crippen molar-refractivity contribution < 1.29 is 4.79 Å². The Morgan fingerprint density at radius 1 is 1.26 bits per heavy atom. The highest BCUT2D eigenvalue weighted by Crippen LogP contribution is 2.35. The smallest absolute Gasteiger partial charge is 0.232 e. The molecule has 2 N–H and O–H groups in total. The number of fused-ring (bicyclic) bond motifs is 1. The van der Waals surface area contributed by atoms with Crippen LogP contribution in [0.15, 0.2) is 36.5 Å². The first-order chi connectivity index (χ1) is 11.3. The third-order valence-corrected chi connectivity index (χ3v) is 4.45. The lowest BCUT2D eigenvalue weighted by Gasteiger charge is -2.16. The van der Waals surface area contributed by atoms with Crippen molar-refractivity contribution in [2.45, 2.75) is 38.1 Å². The number of imidazole rings is 1. The minimum absolute atomic E-state index is 0.0798. The van der Waals surface area contributed by atoms with Crippen molar-refractivity contribution in [2.75, 3.05) is 5.32 Å². The molecule has 0 bridgehead atoms. The maximum atomic E-state index is 12.3. The molecule has 3 aromatic rings. The second kappa shape index (κ2) is 5.87. The predicted octanol–water partition coefficient (Wildman–Crippen LogP) is 3.06. The fourth-order valence-electron chi connectivity index (χ4n) is 3.39. The minimum atomic E-state index is -0.0798. The number of hydrogen-bond acceptors (Lipinski definition) is 3. The van der Waals surface area contributed by atoms with E-state index in [0.717, 1.165) is 29.6 Å². The van der Waals surface area contributed by atoms with Gasteiger partial charge >= 0.3 is 0 Å². The van der Waals surface area contributed by atoms with Crippen LogP contribution in [-0.4, -0.2) is 25.7 Å². The predicted molar refractivity (Wildman–Crippen MR) is 88.2 cm³/mol. The number of aromatic nitrogens is 4. The number of amides is 1. The Hall–Kier alpha value is -2.63. The number of benzene rings is 1. The van der Waals surface area contributed by atoms with Gasteiger partial charge < -0.3 is 4.57 Å². The average Bonchev–Trinajstić information content (AvgIpc) is 3.26. The summed E-state index contributed by atoms with van der Waals surface area (Å²) >= 11 is 0. The highest BCUT2D eigenvalue weighted by Gasteiger charge is 2.23. The van der Waals surface area contributed by atoms with E-state index in [2.05, 4.69) is 31.1 Å². The molecule has 0 spiro atoms. The molecule has 1 aliphatic rings. The highest BCUT2D eigenvalue weighted by molar-refractivity contribution is 5.92. The lowest BCUT2D eigenvalue weighted by molar-refractivity contribution is -0.115. The Bertz CT molecular complexity index is 815. The van der Waals surface area contributed by atoms with Gasteiger partial charge in [-0.15, -0.1) is 0 Å². The van der Waals surface area contributed by atoms with E-state index in [4.69, 9.17) is 0 Å². The van der Waals surface area contributed by atoms with E-state index in [1.165, 1.54) is 12.8 Å². The molecule has 118 valence electrons. The summed E-state index contributed by atoms with van der Waals surface area (Å²) in [6.07, 6.45) is 6.68. The SMILES string of the molecule is O=C(Cc1ccn[nH]1)Nc1nc2ccccc2n1C1CCCC1. The molecule has 2 aromatic heterocycles. The monoisotopic (exact) mass is 309 g/mol. The van der Waals surface area contributed by atoms with Gasteiger partial charge in [0, 0.05) is 17.9 Å². The zero-order valence-electron chi connectivity index (χ0n) is 12.8. The topological polar surface area (TPSA) is 75.6 Å². The molecule has 6 nitrogen and oxygen atoms in total. The van der Waals surface area contributed by atoms with Crippen LogP contribution in [0.1, 0.15) is 37.4 Å². The summed E-state index contributed by atoms with van der Waals surface area (Å²) in [4.78, 5) is 16.9. The molecule has 6 heteroatoms. The van der Waals surface area contributed by atoms with Gasteiger partial charge in [0.25, 0.3) is 0 Å². The first-order valence-corrected chi connectivity index (χ1v) is 8.06. The molecule has 0 saturated heterocycles. The number of anilines is 1. The number of carbonyl (C=O) groups is 1. The molecule has 4 rings (SSSR count). The molecule has 2 heterocycles. The number of nitrogens with one attached hydrogen (secondary N) is 2. The molecule has 0 radical (unpaired) electrons. The lowest BCUT2D eigenvalue weighted by Crippen LogP contribution is -2.19. The Morgan fingerprint density at radius 3 is 2.87 bits per heavy atom. The first-order valence-electron chi connectivity index (χ1n) is 8.06. The van der Waals surface area contributed by atoms with Crippen LogP contribution in [0.5, 0.6) is 0 Å². The molecular formula is C17H19N5O. The van der Waals surface area contributed by atoms with E-state index >= 15 is 0 Å². The minimum Gasteiger partial charge on any atom is -0.307 e. The van der Waals surface area contributed by atoms with Crippen LogP contribution in [-0.2, 0) is 11.2 Å². The van der Waals surface area contributed by atoms with Crippen LogP contribution in [0.4, 0.5) is 5.95 Å². The van der Waals surface area contributed by atoms with Crippen LogP contribution in [0.25, 0.3) is 11.0 Å². The number of aromatic amines is 1. The van der Waals surface area contributed by atoms with Gasteiger partial charge in [0.1, 0.15) is 0 Å². The van der Waals surface area contributed by atoms with Crippen LogP contribution < -0.4 is 5.32 Å². The highest BCUT2D eigenvalue weighted by atomic mass is 16.1. The van der Waals surface area contributed by atoms with Crippen LogP contribution in [0, 0.1) is 0 Å². The summed E-state index contributed by atoms with van der Waals surface area (Å²) in [5.41, 5.74) is 2.82. The second-order valence-corrected chi connectivity index (χ2v) is 6.04. The zero-order valence-corrected chi connectivity index (χ0v) is 12.8. The molecule has 0 atom stereocenters. The van der Waals surface area contributed by atoms with E-state index in [1.54, 1.807) is 12.3 Å². The molecule has 1 amide bonds. The number of carbonyl (C=O) groups excluding carboxylic acids is 1. The van der Waals surface area contributed by atoms with Crippen LogP contribution in [0.2, 0.25) is 0 Å². The van der Waals surface area contributed by atoms with E-state index < -0.39 is 0 Å². The van der Waals surface area contributed by atoms with Crippen LogP contribution in [0.3, 0.4) is 0 Å². The van der Waals surface area contributed by atoms with E-state index in [0.29, 0.717) is 12.0 Å². The third kappa shape index (κ3) is 2.72. The number of para-hydroxylation sites is 2. The largest absolute Gasteiger partial charge is 0.307 e. The normalized spacial score (nSPS) is 15.3. The van der Waals surface area contributed by atoms with Gasteiger partial charge in [0.2, 0.25) is 11.9 Å². The molecule has 23 heavy (non-hydrogen) atoms. The van der Waals surface area contributed by atoms with Crippen LogP contribution >= 0.6 is 0 Å². The van der Waals surface area contributed by atoms with Gasteiger partial charge in [-0.05, 0) is 31.0 Å². The molecule has 1 saturated carbocycles. The lowest BCUT2D eigenvalue weighted by atomic mass is 10.2. The van der Waals surface area contributed by atoms with E-state index in [1.807, 2.05) is 18.2 Å². The summed E-state index contributed by atoms with van der Waals surface area (Å²) in [5, 5.41) is 9.66. The van der Waals surface area contributed by atoms with E-state index in [-0.39, 0.29) is 12.3 Å². The number of rotatable bonds is 4. The molecule has 1 aliphatic carbocycles. The Morgan fingerprint density at radius 2 is 2.09 bits per heavy atom. The van der Waals surface area contributed by atoms with Gasteiger partial charge in [-0.3, -0.25) is 15.2 Å². The summed E-state index contributed by atoms with van der Waals surface area (Å²) in [6.45, 7) is 0. The molecule has 0 aliphatic heterocycles. The van der Waals surface area contributed by atoms with Crippen molar-refractivity contribution in [2.24, 2.45) is 0 Å². The van der Waals surface area contributed by atoms with Gasteiger partial charge in [-0.2, -0.15) is 5.10 Å². The molecular weight excluding hydrogens is 290 g/mol. The zero-order chi connectivity index (χ0) is 15.6. The van der Waals surface area contributed by atoms with Crippen molar-refractivity contribution in [3.63, 3.8) is 0 Å². The average molecular weight is 309 g/mol. The molecule has 1 fully saturated rings. The van der Waals surface area contributed by atoms with Gasteiger partial charge in [-0.25, -0.2) is 4.98 Å². The first kappa shape index (κ1) is 14.0. The molecule has 1 aromatic carbocycles. The summed E-state index contributed by atoms with van der Waals surface area (Å²) in [7, 11) is 0. The Balaban J connectivity index is 1.65. The van der Waals surface area contributed by atoms with Gasteiger partial charge in [-0.1, -0.05) is 25.0 Å². The second-order valence-electron chi connectivity index (χ2n) is 6.04. The Labute approximate surface area is 133 Å². The number of hydrogen-bond donors (Lipinski definition) is 2. The fourth-order valence-corrected chi connectivity index (χ4v) is 3.39. The van der Waals surface area contributed by atoms with Gasteiger partial charge in [0.15, 0.2) is 0 Å². The third-order valence-electron chi connectivity index (χ3n) is 4.45. The number of nitrogens with zero attached hydrogens (tertiary/aromatic N) is 3. The van der Waals surface area contributed by atoms with Crippen molar-refractivity contribution in [1.82, 2.24) is 19.7 Å². The molecule has 0 unspecified atom stereocenters. The Kier molecular flexibility index (Phi) is 3.57. The maximum Gasteiger partial charge on any atom is 0.232 e. The fraction of sp³-hybridized carbons (Fsp3) is 0.353. The van der Waals surface area contributed by atoms with Crippen molar-refractivity contribution in [3.05, 3.63) is 42.2 Å². The summed E-state index contributed by atoms with van der Waals surface area (Å²) < 4.78 is 2.20. The number of H-pyrrole nitrogens is 1. The standard InChI is InChI=1S/C17H19N5O/c23-16(11-12-9-10-18-21-12)20-17-19-14-7-3-4-8-15(14)22(17)13-5-1-2-6-13/h3-4,7-10,13H,1-2,5-6,11H2,(H,18,21)(H,19,20,23). The maximum absolute atomic E-state index is 12.3. The summed E-state index contributed by atoms with van der Waals surface area (Å²) in [6, 6.07) is 10.3. The van der Waals surface area contributed by atoms with Crippen molar-refractivity contribution in [3.8, 4) is 0 Å². The van der Waals surface area contributed by atoms with Gasteiger partial charge in [0.05, 0.1) is 17.5 Å². The van der Waals surface area contributed by atoms with Crippen molar-refractivity contribution in [1.29, 1.82) is 0 Å². The quantitative estimate of drug-likeness (QED) is 0.777. The van der Waals surface area contributed by atoms with Crippen molar-refractivity contribution >= 4 is 22.9 Å².